The van der Waals surface area contributed by atoms with Crippen molar-refractivity contribution in [3.63, 3.8) is 0 Å². The lowest BCUT2D eigenvalue weighted by atomic mass is 9.91. The van der Waals surface area contributed by atoms with Crippen LogP contribution in [0.1, 0.15) is 51.4 Å². The Kier molecular flexibility index (Phi) is 4.57. The molecule has 1 heterocycles. The van der Waals surface area contributed by atoms with E-state index in [0.29, 0.717) is 11.5 Å². The van der Waals surface area contributed by atoms with Gasteiger partial charge in [0, 0.05) is 13.1 Å². The molecule has 1 aliphatic rings. The van der Waals surface area contributed by atoms with Crippen LogP contribution in [0.4, 0.5) is 0 Å². The van der Waals surface area contributed by atoms with Gasteiger partial charge in [-0.05, 0) is 51.0 Å². The molecule has 1 aliphatic carbocycles. The normalized spacial score (nSPS) is 18.6. The molecule has 1 atom stereocenters. The summed E-state index contributed by atoms with van der Waals surface area (Å²) in [5, 5.41) is 9.06. The topological polar surface area (TPSA) is 29.9 Å². The molecule has 1 N–H and O–H groups in total. The number of hydrogen-bond acceptors (Lipinski definition) is 2. The smallest absolute Gasteiger partial charge is 0.0849 e. The minimum absolute atomic E-state index is 0.400. The molecule has 0 radical (unpaired) electrons. The van der Waals surface area contributed by atoms with Crippen molar-refractivity contribution in [3.8, 4) is 0 Å². The molecule has 4 heteroatoms. The maximum atomic E-state index is 6.47. The zero-order valence-electron chi connectivity index (χ0n) is 12.6. The van der Waals surface area contributed by atoms with Gasteiger partial charge in [-0.15, -0.1) is 0 Å². The summed E-state index contributed by atoms with van der Waals surface area (Å²) in [5.41, 5.74) is 2.64. The number of hydrogen-bond donors (Lipinski definition) is 1. The number of rotatable bonds is 7. The van der Waals surface area contributed by atoms with Gasteiger partial charge in [-0.1, -0.05) is 25.4 Å². The van der Waals surface area contributed by atoms with E-state index in [2.05, 4.69) is 31.2 Å². The van der Waals surface area contributed by atoms with Crippen molar-refractivity contribution in [1.29, 1.82) is 0 Å². The molecule has 1 aromatic heterocycles. The Morgan fingerprint density at radius 1 is 1.42 bits per heavy atom. The van der Waals surface area contributed by atoms with E-state index in [4.69, 9.17) is 11.6 Å². The lowest BCUT2D eigenvalue weighted by Crippen LogP contribution is -2.37. The summed E-state index contributed by atoms with van der Waals surface area (Å²) in [5.74, 6) is 0. The summed E-state index contributed by atoms with van der Waals surface area (Å²) in [6.07, 6.45) is 5.74. The molecule has 1 unspecified atom stereocenters. The van der Waals surface area contributed by atoms with Gasteiger partial charge in [-0.3, -0.25) is 4.68 Å². The average molecular weight is 284 g/mol. The third kappa shape index (κ3) is 2.97. The molecule has 1 fully saturated rings. The SMILES string of the molecule is CCCNC(C)C1(Cc2c(Cl)c(CC)nn2C)CC1. The molecular weight excluding hydrogens is 258 g/mol. The molecule has 108 valence electrons. The van der Waals surface area contributed by atoms with Crippen molar-refractivity contribution in [1.82, 2.24) is 15.1 Å². The fourth-order valence-corrected chi connectivity index (χ4v) is 3.21. The molecule has 1 saturated carbocycles. The number of halogens is 1. The van der Waals surface area contributed by atoms with Crippen LogP contribution in [0.3, 0.4) is 0 Å². The monoisotopic (exact) mass is 283 g/mol. The van der Waals surface area contributed by atoms with Gasteiger partial charge in [0.25, 0.3) is 0 Å². The Labute approximate surface area is 121 Å². The maximum Gasteiger partial charge on any atom is 0.0849 e. The largest absolute Gasteiger partial charge is 0.314 e. The van der Waals surface area contributed by atoms with Crippen LogP contribution in [0, 0.1) is 5.41 Å². The third-order valence-corrected chi connectivity index (χ3v) is 4.97. The molecule has 0 bridgehead atoms. The van der Waals surface area contributed by atoms with E-state index in [-0.39, 0.29) is 0 Å². The molecule has 0 amide bonds. The fraction of sp³-hybridized carbons (Fsp3) is 0.800. The van der Waals surface area contributed by atoms with E-state index in [1.165, 1.54) is 25.0 Å². The molecule has 0 saturated heterocycles. The first-order chi connectivity index (χ1) is 9.04. The van der Waals surface area contributed by atoms with Crippen molar-refractivity contribution in [2.45, 2.75) is 58.9 Å². The first kappa shape index (κ1) is 14.9. The summed E-state index contributed by atoms with van der Waals surface area (Å²) in [4.78, 5) is 0. The predicted octanol–water partition coefficient (Wildman–Crippen LogP) is 3.35. The van der Waals surface area contributed by atoms with Crippen LogP contribution >= 0.6 is 11.6 Å². The Hall–Kier alpha value is -0.540. The van der Waals surface area contributed by atoms with Crippen molar-refractivity contribution >= 4 is 11.6 Å². The zero-order valence-corrected chi connectivity index (χ0v) is 13.3. The molecule has 0 aliphatic heterocycles. The van der Waals surface area contributed by atoms with Gasteiger partial charge in [0.2, 0.25) is 0 Å². The van der Waals surface area contributed by atoms with Gasteiger partial charge in [0.1, 0.15) is 0 Å². The van der Waals surface area contributed by atoms with Gasteiger partial charge in [-0.25, -0.2) is 0 Å². The van der Waals surface area contributed by atoms with Gasteiger partial charge in [-0.2, -0.15) is 5.10 Å². The Balaban J connectivity index is 2.10. The lowest BCUT2D eigenvalue weighted by Gasteiger charge is -2.24. The van der Waals surface area contributed by atoms with Crippen LogP contribution in [0.15, 0.2) is 0 Å². The van der Waals surface area contributed by atoms with Crippen LogP contribution in [0.2, 0.25) is 5.02 Å². The van der Waals surface area contributed by atoms with E-state index in [1.54, 1.807) is 0 Å². The van der Waals surface area contributed by atoms with Crippen LogP contribution < -0.4 is 5.32 Å². The lowest BCUT2D eigenvalue weighted by molar-refractivity contribution is 0.343. The highest BCUT2D eigenvalue weighted by molar-refractivity contribution is 6.31. The van der Waals surface area contributed by atoms with Crippen molar-refractivity contribution in [2.75, 3.05) is 6.54 Å². The third-order valence-electron chi connectivity index (χ3n) is 4.53. The van der Waals surface area contributed by atoms with Gasteiger partial charge < -0.3 is 5.32 Å². The fourth-order valence-electron chi connectivity index (χ4n) is 2.85. The second-order valence-electron chi connectivity index (χ2n) is 5.90. The molecule has 0 spiro atoms. The van der Waals surface area contributed by atoms with Gasteiger partial charge >= 0.3 is 0 Å². The molecule has 0 aromatic carbocycles. The van der Waals surface area contributed by atoms with E-state index >= 15 is 0 Å². The zero-order chi connectivity index (χ0) is 14.0. The van der Waals surface area contributed by atoms with Crippen LogP contribution in [-0.4, -0.2) is 22.4 Å². The first-order valence-corrected chi connectivity index (χ1v) is 7.85. The minimum Gasteiger partial charge on any atom is -0.314 e. The van der Waals surface area contributed by atoms with E-state index in [0.717, 1.165) is 30.1 Å². The Morgan fingerprint density at radius 3 is 2.58 bits per heavy atom. The van der Waals surface area contributed by atoms with Gasteiger partial charge in [0.05, 0.1) is 16.4 Å². The van der Waals surface area contributed by atoms with E-state index in [1.807, 2.05) is 11.7 Å². The second kappa shape index (κ2) is 5.84. The standard InChI is InChI=1S/C15H26ClN3/c1-5-9-17-11(3)15(7-8-15)10-13-14(16)12(6-2)18-19(13)4/h11,17H,5-10H2,1-4H3. The molecule has 2 rings (SSSR count). The van der Waals surface area contributed by atoms with Crippen molar-refractivity contribution < 1.29 is 0 Å². The van der Waals surface area contributed by atoms with Crippen LogP contribution in [0.25, 0.3) is 0 Å². The number of nitrogens with zero attached hydrogens (tertiary/aromatic N) is 2. The summed E-state index contributed by atoms with van der Waals surface area (Å²) in [7, 11) is 2.01. The molecule has 19 heavy (non-hydrogen) atoms. The molecular formula is C15H26ClN3. The van der Waals surface area contributed by atoms with E-state index < -0.39 is 0 Å². The Bertz CT molecular complexity index is 435. The Morgan fingerprint density at radius 2 is 2.11 bits per heavy atom. The van der Waals surface area contributed by atoms with E-state index in [9.17, 15) is 0 Å². The number of aryl methyl sites for hydroxylation is 2. The summed E-state index contributed by atoms with van der Waals surface area (Å²) < 4.78 is 1.98. The number of aromatic nitrogens is 2. The average Bonchev–Trinajstić information content (AvgIpc) is 3.14. The first-order valence-electron chi connectivity index (χ1n) is 7.47. The molecule has 1 aromatic rings. The van der Waals surface area contributed by atoms with Gasteiger partial charge in [0.15, 0.2) is 0 Å². The minimum atomic E-state index is 0.400. The van der Waals surface area contributed by atoms with Crippen LogP contribution in [0.5, 0.6) is 0 Å². The maximum absolute atomic E-state index is 6.47. The number of nitrogens with one attached hydrogen (secondary N) is 1. The highest BCUT2D eigenvalue weighted by atomic mass is 35.5. The molecule has 3 nitrogen and oxygen atoms in total. The van der Waals surface area contributed by atoms with Crippen molar-refractivity contribution in [2.24, 2.45) is 12.5 Å². The highest BCUT2D eigenvalue weighted by Gasteiger charge is 2.47. The predicted molar refractivity (Wildman–Crippen MR) is 80.7 cm³/mol. The second-order valence-corrected chi connectivity index (χ2v) is 6.28. The van der Waals surface area contributed by atoms with Crippen LogP contribution in [-0.2, 0) is 19.9 Å². The highest BCUT2D eigenvalue weighted by Crippen LogP contribution is 2.52. The van der Waals surface area contributed by atoms with Crippen molar-refractivity contribution in [3.05, 3.63) is 16.4 Å². The summed E-state index contributed by atoms with van der Waals surface area (Å²) in [6.45, 7) is 7.73. The summed E-state index contributed by atoms with van der Waals surface area (Å²) in [6, 6.07) is 0.559. The summed E-state index contributed by atoms with van der Waals surface area (Å²) >= 11 is 6.47. The quantitative estimate of drug-likeness (QED) is 0.832.